The van der Waals surface area contributed by atoms with Gasteiger partial charge in [0.25, 0.3) is 0 Å². The van der Waals surface area contributed by atoms with E-state index >= 15 is 0 Å². The van der Waals surface area contributed by atoms with Gasteiger partial charge in [-0.1, -0.05) is 54.3 Å². The maximum atomic E-state index is 13.2. The van der Waals surface area contributed by atoms with Crippen molar-refractivity contribution >= 4 is 34.0 Å². The van der Waals surface area contributed by atoms with Crippen molar-refractivity contribution in [1.29, 1.82) is 0 Å². The Bertz CT molecular complexity index is 1090. The predicted molar refractivity (Wildman–Crippen MR) is 136 cm³/mol. The molecule has 172 valence electrons. The first kappa shape index (κ1) is 23.5. The summed E-state index contributed by atoms with van der Waals surface area (Å²) in [5, 5.41) is 21.4. The topological polar surface area (TPSA) is 52.9 Å². The minimum atomic E-state index is -0.651. The van der Waals surface area contributed by atoms with Gasteiger partial charge >= 0.3 is 0 Å². The molecule has 0 saturated carbocycles. The Balaban J connectivity index is 1.55. The zero-order chi connectivity index (χ0) is 23.4. The van der Waals surface area contributed by atoms with E-state index < -0.39 is 6.10 Å². The van der Waals surface area contributed by atoms with Crippen LogP contribution in [-0.2, 0) is 0 Å². The van der Waals surface area contributed by atoms with E-state index in [-0.39, 0.29) is 22.9 Å². The first-order valence-corrected chi connectivity index (χ1v) is 12.1. The van der Waals surface area contributed by atoms with Crippen LogP contribution in [0.1, 0.15) is 42.5 Å². The molecule has 0 bridgehead atoms. The van der Waals surface area contributed by atoms with Crippen LogP contribution in [0.4, 0.5) is 10.1 Å². The van der Waals surface area contributed by atoms with Gasteiger partial charge in [0, 0.05) is 22.6 Å². The molecule has 0 spiro atoms. The number of nitrogens with zero attached hydrogens (tertiary/aromatic N) is 1. The smallest absolute Gasteiger partial charge is 0.141 e. The molecule has 33 heavy (non-hydrogen) atoms. The monoisotopic (exact) mass is 483 g/mol. The first-order valence-electron chi connectivity index (χ1n) is 10.8. The normalized spacial score (nSPS) is 19.0. The number of hydrogen-bond donors (Lipinski definition) is 2. The molecule has 2 N–H and O–H groups in total. The van der Waals surface area contributed by atoms with E-state index in [1.54, 1.807) is 37.1 Å². The number of ether oxygens (including phenoxy) is 1. The lowest BCUT2D eigenvalue weighted by Gasteiger charge is -2.29. The fraction of sp³-hybridized carbons (Fsp3) is 0.269. The molecule has 3 atom stereocenters. The van der Waals surface area contributed by atoms with Crippen molar-refractivity contribution in [3.63, 3.8) is 0 Å². The zero-order valence-corrected chi connectivity index (χ0v) is 19.9. The maximum absolute atomic E-state index is 13.2. The van der Waals surface area contributed by atoms with Crippen molar-refractivity contribution in [2.24, 2.45) is 0 Å². The van der Waals surface area contributed by atoms with Crippen LogP contribution in [0.15, 0.2) is 72.8 Å². The Morgan fingerprint density at radius 3 is 2.48 bits per heavy atom. The summed E-state index contributed by atoms with van der Waals surface area (Å²) in [5.74, 6) is 0.446. The molecule has 7 heteroatoms. The summed E-state index contributed by atoms with van der Waals surface area (Å²) in [7, 11) is 1.57. The molecule has 1 saturated heterocycles. The van der Waals surface area contributed by atoms with Gasteiger partial charge in [-0.2, -0.15) is 0 Å². The average molecular weight is 484 g/mol. The lowest BCUT2D eigenvalue weighted by atomic mass is 9.95. The van der Waals surface area contributed by atoms with Crippen LogP contribution in [0, 0.1) is 5.82 Å². The molecular weight excluding hydrogens is 457 g/mol. The van der Waals surface area contributed by atoms with Gasteiger partial charge < -0.3 is 19.8 Å². The predicted octanol–water partition coefficient (Wildman–Crippen LogP) is 6.39. The third kappa shape index (κ3) is 5.32. The lowest BCUT2D eigenvalue weighted by molar-refractivity contribution is 0.163. The van der Waals surface area contributed by atoms with Crippen LogP contribution in [0.5, 0.6) is 11.5 Å². The number of methoxy groups -OCH3 is 1. The molecule has 3 aromatic rings. The molecular formula is C26H26FNO3S2. The van der Waals surface area contributed by atoms with E-state index in [1.165, 1.54) is 12.1 Å². The highest BCUT2D eigenvalue weighted by Crippen LogP contribution is 2.49. The van der Waals surface area contributed by atoms with E-state index in [1.807, 2.05) is 42.5 Å². The summed E-state index contributed by atoms with van der Waals surface area (Å²) < 4.78 is 19.2. The van der Waals surface area contributed by atoms with Gasteiger partial charge in [0.15, 0.2) is 0 Å². The van der Waals surface area contributed by atoms with Gasteiger partial charge in [-0.15, -0.1) is 0 Å². The summed E-state index contributed by atoms with van der Waals surface area (Å²) >= 11 is 7.38. The molecule has 3 aromatic carbocycles. The molecule has 1 aliphatic heterocycles. The van der Waals surface area contributed by atoms with Crippen molar-refractivity contribution in [3.05, 3.63) is 89.7 Å². The number of phenols is 1. The van der Waals surface area contributed by atoms with E-state index in [2.05, 4.69) is 4.90 Å². The second-order valence-corrected chi connectivity index (χ2v) is 9.87. The molecule has 1 heterocycles. The number of rotatable bonds is 8. The second-order valence-electron chi connectivity index (χ2n) is 8.00. The van der Waals surface area contributed by atoms with Gasteiger partial charge in [0.1, 0.15) is 21.6 Å². The molecule has 1 aliphatic rings. The SMILES string of the molecule is COc1ccc([C@@H]2[C@@H](CCCC(O)c3ccc(F)cc3)SC(=S)N2c2ccccc2)c(O)c1. The molecule has 4 rings (SSSR count). The highest BCUT2D eigenvalue weighted by atomic mass is 32.2. The fourth-order valence-electron chi connectivity index (χ4n) is 4.21. The first-order chi connectivity index (χ1) is 16.0. The third-order valence-electron chi connectivity index (χ3n) is 5.89. The number of aromatic hydroxyl groups is 1. The quantitative estimate of drug-likeness (QED) is 0.362. The average Bonchev–Trinajstić information content (AvgIpc) is 3.15. The molecule has 0 radical (unpaired) electrons. The van der Waals surface area contributed by atoms with Crippen LogP contribution in [0.2, 0.25) is 0 Å². The number of thiocarbonyl (C=S) groups is 1. The maximum Gasteiger partial charge on any atom is 0.141 e. The largest absolute Gasteiger partial charge is 0.507 e. The highest BCUT2D eigenvalue weighted by Gasteiger charge is 2.41. The van der Waals surface area contributed by atoms with E-state index in [0.717, 1.165) is 28.4 Å². The highest BCUT2D eigenvalue weighted by molar-refractivity contribution is 8.24. The Morgan fingerprint density at radius 2 is 1.82 bits per heavy atom. The summed E-state index contributed by atoms with van der Waals surface area (Å²) in [5.41, 5.74) is 2.47. The number of aliphatic hydroxyl groups is 1. The summed E-state index contributed by atoms with van der Waals surface area (Å²) in [6.45, 7) is 0. The summed E-state index contributed by atoms with van der Waals surface area (Å²) in [6, 6.07) is 21.1. The Hall–Kier alpha value is -2.61. The molecule has 0 aromatic heterocycles. The summed E-state index contributed by atoms with van der Waals surface area (Å²) in [4.78, 5) is 2.10. The van der Waals surface area contributed by atoms with Crippen molar-refractivity contribution in [2.75, 3.05) is 12.0 Å². The molecule has 0 amide bonds. The zero-order valence-electron chi connectivity index (χ0n) is 18.2. The van der Waals surface area contributed by atoms with Gasteiger partial charge in [0.2, 0.25) is 0 Å². The van der Waals surface area contributed by atoms with Crippen LogP contribution in [-0.4, -0.2) is 26.9 Å². The molecule has 1 unspecified atom stereocenters. The lowest BCUT2D eigenvalue weighted by Crippen LogP contribution is -2.29. The number of thioether (sulfide) groups is 1. The van der Waals surface area contributed by atoms with Gasteiger partial charge in [-0.3, -0.25) is 0 Å². The number of aliphatic hydroxyl groups excluding tert-OH is 1. The third-order valence-corrected chi connectivity index (χ3v) is 7.57. The van der Waals surface area contributed by atoms with Crippen molar-refractivity contribution in [2.45, 2.75) is 36.7 Å². The number of para-hydroxylation sites is 1. The number of anilines is 1. The Labute approximate surface area is 203 Å². The molecule has 0 aliphatic carbocycles. The van der Waals surface area contributed by atoms with E-state index in [4.69, 9.17) is 17.0 Å². The van der Waals surface area contributed by atoms with Crippen LogP contribution in [0.3, 0.4) is 0 Å². The van der Waals surface area contributed by atoms with Crippen LogP contribution < -0.4 is 9.64 Å². The fourth-order valence-corrected chi connectivity index (χ4v) is 6.07. The van der Waals surface area contributed by atoms with Crippen LogP contribution >= 0.6 is 24.0 Å². The second kappa shape index (κ2) is 10.5. The minimum absolute atomic E-state index is 0.0948. The minimum Gasteiger partial charge on any atom is -0.507 e. The number of halogens is 1. The van der Waals surface area contributed by atoms with Crippen molar-refractivity contribution in [3.8, 4) is 11.5 Å². The van der Waals surface area contributed by atoms with E-state index in [0.29, 0.717) is 17.7 Å². The summed E-state index contributed by atoms with van der Waals surface area (Å²) in [6.07, 6.45) is 1.46. The van der Waals surface area contributed by atoms with Gasteiger partial charge in [0.05, 0.1) is 19.3 Å². The number of benzene rings is 3. The molecule has 1 fully saturated rings. The Morgan fingerprint density at radius 1 is 1.09 bits per heavy atom. The van der Waals surface area contributed by atoms with Gasteiger partial charge in [-0.05, 0) is 61.2 Å². The number of hydrogen-bond acceptors (Lipinski definition) is 5. The van der Waals surface area contributed by atoms with Crippen molar-refractivity contribution in [1.82, 2.24) is 0 Å². The standard InChI is InChI=1S/C26H26FNO3S2/c1-31-20-14-15-21(23(30)16-20)25-24(33-26(32)28(25)19-6-3-2-4-7-19)9-5-8-22(29)17-10-12-18(27)13-11-17/h2-4,6-7,10-16,22,24-25,29-30H,5,8-9H2,1H3/t22?,24-,25-/m1/s1. The number of phenolic OH excluding ortho intramolecular Hbond substituents is 1. The van der Waals surface area contributed by atoms with Gasteiger partial charge in [-0.25, -0.2) is 4.39 Å². The van der Waals surface area contributed by atoms with Crippen molar-refractivity contribution < 1.29 is 19.3 Å². The van der Waals surface area contributed by atoms with Crippen LogP contribution in [0.25, 0.3) is 0 Å². The Kier molecular flexibility index (Phi) is 7.53. The molecule has 4 nitrogen and oxygen atoms in total. The van der Waals surface area contributed by atoms with E-state index in [9.17, 15) is 14.6 Å².